The van der Waals surface area contributed by atoms with Crippen molar-refractivity contribution in [2.75, 3.05) is 25.6 Å². The maximum absolute atomic E-state index is 11.0. The third kappa shape index (κ3) is 2.70. The van der Waals surface area contributed by atoms with Gasteiger partial charge in [0.05, 0.1) is 7.11 Å². The first-order valence-electron chi connectivity index (χ1n) is 5.54. The van der Waals surface area contributed by atoms with Crippen molar-refractivity contribution in [1.29, 1.82) is 0 Å². The Bertz CT molecular complexity index is 540. The van der Waals surface area contributed by atoms with Crippen LogP contribution in [-0.4, -0.2) is 51.9 Å². The lowest BCUT2D eigenvalue weighted by Gasteiger charge is -2.16. The number of hydrogen-bond acceptors (Lipinski definition) is 7. The molecule has 2 heterocycles. The van der Waals surface area contributed by atoms with Gasteiger partial charge in [0, 0.05) is 20.0 Å². The molecule has 0 aliphatic carbocycles. The van der Waals surface area contributed by atoms with Crippen LogP contribution in [0.25, 0.3) is 5.65 Å². The molecule has 8 nitrogen and oxygen atoms in total. The third-order valence-corrected chi connectivity index (χ3v) is 2.55. The average Bonchev–Trinajstić information content (AvgIpc) is 2.85. The lowest BCUT2D eigenvalue weighted by atomic mass is 10.3. The maximum Gasteiger partial charge on any atom is 0.305 e. The van der Waals surface area contributed by atoms with Crippen molar-refractivity contribution in [2.45, 2.75) is 12.8 Å². The Kier molecular flexibility index (Phi) is 3.66. The summed E-state index contributed by atoms with van der Waals surface area (Å²) in [5.74, 6) is 0.548. The summed E-state index contributed by atoms with van der Waals surface area (Å²) in [6, 6.07) is 3.63. The zero-order valence-corrected chi connectivity index (χ0v) is 10.3. The number of ether oxygens (including phenoxy) is 1. The Labute approximate surface area is 104 Å². The summed E-state index contributed by atoms with van der Waals surface area (Å²) >= 11 is 0. The van der Waals surface area contributed by atoms with Crippen LogP contribution in [0.15, 0.2) is 12.1 Å². The van der Waals surface area contributed by atoms with Gasteiger partial charge in [0.25, 0.3) is 0 Å². The number of methoxy groups -OCH3 is 1. The molecule has 0 aromatic carbocycles. The molecule has 0 unspecified atom stereocenters. The molecule has 0 saturated heterocycles. The fourth-order valence-corrected chi connectivity index (χ4v) is 1.52. The molecule has 0 bridgehead atoms. The minimum Gasteiger partial charge on any atom is -0.469 e. The minimum atomic E-state index is -0.202. The SMILES string of the molecule is COC(=O)CCCN(C)c1ccc2nnnn2n1. The van der Waals surface area contributed by atoms with E-state index in [2.05, 4.69) is 25.4 Å². The van der Waals surface area contributed by atoms with Gasteiger partial charge in [0.15, 0.2) is 11.5 Å². The van der Waals surface area contributed by atoms with E-state index in [1.54, 1.807) is 6.07 Å². The molecule has 2 rings (SSSR count). The van der Waals surface area contributed by atoms with Crippen LogP contribution in [0.1, 0.15) is 12.8 Å². The summed E-state index contributed by atoms with van der Waals surface area (Å²) in [6.45, 7) is 0.704. The summed E-state index contributed by atoms with van der Waals surface area (Å²) in [7, 11) is 3.29. The molecule has 0 amide bonds. The van der Waals surface area contributed by atoms with Gasteiger partial charge in [0.2, 0.25) is 0 Å². The molecule has 0 atom stereocenters. The van der Waals surface area contributed by atoms with Crippen LogP contribution < -0.4 is 4.90 Å². The highest BCUT2D eigenvalue weighted by atomic mass is 16.5. The van der Waals surface area contributed by atoms with E-state index in [-0.39, 0.29) is 5.97 Å². The number of aromatic nitrogens is 5. The molecule has 2 aromatic rings. The number of carbonyl (C=O) groups excluding carboxylic acids is 1. The number of fused-ring (bicyclic) bond motifs is 1. The Morgan fingerprint density at radius 3 is 3.11 bits per heavy atom. The summed E-state index contributed by atoms with van der Waals surface area (Å²) in [5, 5.41) is 15.3. The summed E-state index contributed by atoms with van der Waals surface area (Å²) in [4.78, 5) is 12.9. The van der Waals surface area contributed by atoms with E-state index in [1.165, 1.54) is 11.7 Å². The van der Waals surface area contributed by atoms with Gasteiger partial charge in [-0.2, -0.15) is 0 Å². The highest BCUT2D eigenvalue weighted by molar-refractivity contribution is 5.69. The predicted molar refractivity (Wildman–Crippen MR) is 63.1 cm³/mol. The predicted octanol–water partition coefficient (Wildman–Crippen LogP) is -0.0913. The van der Waals surface area contributed by atoms with Crippen LogP contribution in [0.5, 0.6) is 0 Å². The Morgan fingerprint density at radius 2 is 2.33 bits per heavy atom. The Hall–Kier alpha value is -2.25. The van der Waals surface area contributed by atoms with E-state index in [4.69, 9.17) is 0 Å². The van der Waals surface area contributed by atoms with E-state index >= 15 is 0 Å². The van der Waals surface area contributed by atoms with Crippen molar-refractivity contribution in [1.82, 2.24) is 25.3 Å². The fourth-order valence-electron chi connectivity index (χ4n) is 1.52. The van der Waals surface area contributed by atoms with Crippen LogP contribution in [0.3, 0.4) is 0 Å². The molecule has 2 aromatic heterocycles. The second-order valence-corrected chi connectivity index (χ2v) is 3.82. The van der Waals surface area contributed by atoms with Crippen LogP contribution in [0.4, 0.5) is 5.82 Å². The first-order valence-corrected chi connectivity index (χ1v) is 5.54. The van der Waals surface area contributed by atoms with Crippen molar-refractivity contribution in [2.24, 2.45) is 0 Å². The van der Waals surface area contributed by atoms with Crippen molar-refractivity contribution in [3.8, 4) is 0 Å². The zero-order chi connectivity index (χ0) is 13.0. The highest BCUT2D eigenvalue weighted by Crippen LogP contribution is 2.09. The monoisotopic (exact) mass is 250 g/mol. The lowest BCUT2D eigenvalue weighted by Crippen LogP contribution is -2.21. The number of tetrazole rings is 1. The fraction of sp³-hybridized carbons (Fsp3) is 0.500. The van der Waals surface area contributed by atoms with Crippen LogP contribution in [0.2, 0.25) is 0 Å². The molecular formula is C10H14N6O2. The Balaban J connectivity index is 1.95. The molecule has 0 fully saturated rings. The van der Waals surface area contributed by atoms with E-state index in [0.717, 1.165) is 5.82 Å². The molecule has 96 valence electrons. The van der Waals surface area contributed by atoms with Crippen LogP contribution in [-0.2, 0) is 9.53 Å². The molecule has 18 heavy (non-hydrogen) atoms. The maximum atomic E-state index is 11.0. The van der Waals surface area contributed by atoms with Gasteiger partial charge in [-0.25, -0.2) is 0 Å². The first-order chi connectivity index (χ1) is 8.70. The molecule has 0 aliphatic heterocycles. The highest BCUT2D eigenvalue weighted by Gasteiger charge is 2.07. The molecule has 0 aliphatic rings. The van der Waals surface area contributed by atoms with E-state index in [0.29, 0.717) is 25.0 Å². The largest absolute Gasteiger partial charge is 0.469 e. The minimum absolute atomic E-state index is 0.202. The van der Waals surface area contributed by atoms with E-state index in [1.807, 2.05) is 18.0 Å². The van der Waals surface area contributed by atoms with Crippen molar-refractivity contribution in [3.63, 3.8) is 0 Å². The van der Waals surface area contributed by atoms with Gasteiger partial charge in [-0.05, 0) is 29.0 Å². The van der Waals surface area contributed by atoms with Crippen molar-refractivity contribution >= 4 is 17.4 Å². The number of carbonyl (C=O) groups is 1. The number of rotatable bonds is 5. The number of esters is 1. The summed E-state index contributed by atoms with van der Waals surface area (Å²) < 4.78 is 5.95. The standard InChI is InChI=1S/C10H14N6O2/c1-15(7-3-4-10(17)18-2)9-6-5-8-11-13-14-16(8)12-9/h5-6H,3-4,7H2,1-2H3. The van der Waals surface area contributed by atoms with Gasteiger partial charge in [-0.1, -0.05) is 0 Å². The topological polar surface area (TPSA) is 85.5 Å². The molecule has 0 N–H and O–H groups in total. The first kappa shape index (κ1) is 12.2. The molecule has 0 radical (unpaired) electrons. The van der Waals surface area contributed by atoms with Gasteiger partial charge in [0.1, 0.15) is 0 Å². The van der Waals surface area contributed by atoms with Gasteiger partial charge in [-0.3, -0.25) is 4.79 Å². The third-order valence-electron chi connectivity index (χ3n) is 2.55. The van der Waals surface area contributed by atoms with Gasteiger partial charge >= 0.3 is 5.97 Å². The molecular weight excluding hydrogens is 236 g/mol. The van der Waals surface area contributed by atoms with Crippen LogP contribution >= 0.6 is 0 Å². The zero-order valence-electron chi connectivity index (χ0n) is 10.3. The normalized spacial score (nSPS) is 10.6. The number of hydrogen-bond donors (Lipinski definition) is 0. The molecule has 0 spiro atoms. The Morgan fingerprint density at radius 1 is 1.50 bits per heavy atom. The molecule has 8 heteroatoms. The summed E-state index contributed by atoms with van der Waals surface area (Å²) in [6.07, 6.45) is 1.10. The second kappa shape index (κ2) is 5.39. The smallest absolute Gasteiger partial charge is 0.305 e. The molecule has 0 saturated carbocycles. The van der Waals surface area contributed by atoms with Crippen molar-refractivity contribution in [3.05, 3.63) is 12.1 Å². The van der Waals surface area contributed by atoms with Crippen LogP contribution in [0, 0.1) is 0 Å². The summed E-state index contributed by atoms with van der Waals surface area (Å²) in [5.41, 5.74) is 0.599. The number of nitrogens with zero attached hydrogens (tertiary/aromatic N) is 6. The lowest BCUT2D eigenvalue weighted by molar-refractivity contribution is -0.140. The second-order valence-electron chi connectivity index (χ2n) is 3.82. The number of anilines is 1. The van der Waals surface area contributed by atoms with E-state index < -0.39 is 0 Å². The van der Waals surface area contributed by atoms with Crippen molar-refractivity contribution < 1.29 is 9.53 Å². The van der Waals surface area contributed by atoms with Gasteiger partial charge in [-0.15, -0.1) is 14.8 Å². The van der Waals surface area contributed by atoms with E-state index in [9.17, 15) is 4.79 Å². The van der Waals surface area contributed by atoms with Gasteiger partial charge < -0.3 is 9.64 Å². The average molecular weight is 250 g/mol. The quantitative estimate of drug-likeness (QED) is 0.685.